The summed E-state index contributed by atoms with van der Waals surface area (Å²) in [5.74, 6) is 2.34. The van der Waals surface area contributed by atoms with Crippen LogP contribution in [0.5, 0.6) is 0 Å². The standard InChI is InChI=1S/C11H16O2/c1-2-5-9-8(4-1)12-10-6-3-7-11(10)13-9/h8-9H,1-7H2. The predicted molar refractivity (Wildman–Crippen MR) is 49.1 cm³/mol. The van der Waals surface area contributed by atoms with Crippen LogP contribution >= 0.6 is 0 Å². The quantitative estimate of drug-likeness (QED) is 0.570. The molecule has 0 amide bonds. The Kier molecular flexibility index (Phi) is 1.74. The molecule has 2 unspecified atom stereocenters. The highest BCUT2D eigenvalue weighted by atomic mass is 16.6. The lowest BCUT2D eigenvalue weighted by molar-refractivity contribution is -0.0816. The third kappa shape index (κ3) is 1.23. The highest BCUT2D eigenvalue weighted by molar-refractivity contribution is 5.12. The Labute approximate surface area is 78.9 Å². The van der Waals surface area contributed by atoms with E-state index in [9.17, 15) is 0 Å². The van der Waals surface area contributed by atoms with Gasteiger partial charge in [0, 0.05) is 12.8 Å². The Hall–Kier alpha value is -0.660. The SMILES string of the molecule is C1CC2=C(C1)OC1CCCCC1O2. The van der Waals surface area contributed by atoms with Gasteiger partial charge < -0.3 is 9.47 Å². The van der Waals surface area contributed by atoms with Crippen molar-refractivity contribution in [2.24, 2.45) is 0 Å². The first-order chi connectivity index (χ1) is 6.43. The molecule has 3 aliphatic rings. The smallest absolute Gasteiger partial charge is 0.135 e. The van der Waals surface area contributed by atoms with E-state index < -0.39 is 0 Å². The Morgan fingerprint density at radius 1 is 0.769 bits per heavy atom. The fourth-order valence-electron chi connectivity index (χ4n) is 2.64. The molecule has 2 aliphatic carbocycles. The molecule has 0 spiro atoms. The Morgan fingerprint density at radius 3 is 1.85 bits per heavy atom. The Balaban J connectivity index is 1.80. The van der Waals surface area contributed by atoms with Crippen LogP contribution in [0.4, 0.5) is 0 Å². The fraction of sp³-hybridized carbons (Fsp3) is 0.818. The van der Waals surface area contributed by atoms with Crippen molar-refractivity contribution in [3.8, 4) is 0 Å². The lowest BCUT2D eigenvalue weighted by Gasteiger charge is -2.36. The maximum absolute atomic E-state index is 5.97. The summed E-state index contributed by atoms with van der Waals surface area (Å²) < 4.78 is 11.9. The van der Waals surface area contributed by atoms with Crippen molar-refractivity contribution < 1.29 is 9.47 Å². The van der Waals surface area contributed by atoms with Crippen LogP contribution in [0.2, 0.25) is 0 Å². The molecule has 13 heavy (non-hydrogen) atoms. The lowest BCUT2D eigenvalue weighted by Crippen LogP contribution is -2.37. The van der Waals surface area contributed by atoms with Crippen LogP contribution in [-0.4, -0.2) is 12.2 Å². The van der Waals surface area contributed by atoms with Gasteiger partial charge in [-0.3, -0.25) is 0 Å². The zero-order valence-electron chi connectivity index (χ0n) is 7.92. The van der Waals surface area contributed by atoms with Gasteiger partial charge >= 0.3 is 0 Å². The molecule has 1 fully saturated rings. The average Bonchev–Trinajstić information content (AvgIpc) is 2.61. The van der Waals surface area contributed by atoms with Gasteiger partial charge in [-0.15, -0.1) is 0 Å². The van der Waals surface area contributed by atoms with Gasteiger partial charge in [-0.25, -0.2) is 0 Å². The van der Waals surface area contributed by atoms with E-state index in [1.807, 2.05) is 0 Å². The maximum atomic E-state index is 5.97. The van der Waals surface area contributed by atoms with Gasteiger partial charge in [0.25, 0.3) is 0 Å². The zero-order valence-corrected chi connectivity index (χ0v) is 7.92. The van der Waals surface area contributed by atoms with E-state index in [-0.39, 0.29) is 0 Å². The molecule has 0 aromatic rings. The van der Waals surface area contributed by atoms with E-state index in [1.54, 1.807) is 0 Å². The number of hydrogen-bond acceptors (Lipinski definition) is 2. The monoisotopic (exact) mass is 180 g/mol. The molecular formula is C11H16O2. The summed E-state index contributed by atoms with van der Waals surface area (Å²) in [7, 11) is 0. The first kappa shape index (κ1) is 7.72. The summed E-state index contributed by atoms with van der Waals surface area (Å²) in [5.41, 5.74) is 0. The van der Waals surface area contributed by atoms with Gasteiger partial charge in [0.2, 0.25) is 0 Å². The minimum absolute atomic E-state index is 0.380. The average molecular weight is 180 g/mol. The van der Waals surface area contributed by atoms with Crippen LogP contribution in [0.3, 0.4) is 0 Å². The minimum Gasteiger partial charge on any atom is -0.487 e. The van der Waals surface area contributed by atoms with Crippen LogP contribution in [-0.2, 0) is 9.47 Å². The first-order valence-corrected chi connectivity index (χ1v) is 5.49. The van der Waals surface area contributed by atoms with Crippen molar-refractivity contribution >= 4 is 0 Å². The topological polar surface area (TPSA) is 18.5 Å². The number of hydrogen-bond donors (Lipinski definition) is 0. The molecule has 0 aromatic heterocycles. The fourth-order valence-corrected chi connectivity index (χ4v) is 2.64. The molecule has 2 heteroatoms. The van der Waals surface area contributed by atoms with Gasteiger partial charge in [0.15, 0.2) is 0 Å². The maximum Gasteiger partial charge on any atom is 0.135 e. The Bertz CT molecular complexity index is 220. The van der Waals surface area contributed by atoms with Crippen LogP contribution in [0.1, 0.15) is 44.9 Å². The summed E-state index contributed by atoms with van der Waals surface area (Å²) >= 11 is 0. The van der Waals surface area contributed by atoms with Crippen LogP contribution in [0.25, 0.3) is 0 Å². The molecule has 0 bridgehead atoms. The van der Waals surface area contributed by atoms with Crippen LogP contribution in [0, 0.1) is 0 Å². The second-order valence-electron chi connectivity index (χ2n) is 4.30. The number of fused-ring (bicyclic) bond motifs is 1. The highest BCUT2D eigenvalue weighted by Gasteiger charge is 2.36. The van der Waals surface area contributed by atoms with E-state index in [1.165, 1.54) is 43.6 Å². The molecular weight excluding hydrogens is 164 g/mol. The molecule has 2 nitrogen and oxygen atoms in total. The molecule has 1 heterocycles. The third-order valence-corrected chi connectivity index (χ3v) is 3.35. The van der Waals surface area contributed by atoms with E-state index in [0.717, 1.165) is 12.8 Å². The minimum atomic E-state index is 0.380. The molecule has 3 rings (SSSR count). The van der Waals surface area contributed by atoms with Gasteiger partial charge in [-0.2, -0.15) is 0 Å². The van der Waals surface area contributed by atoms with Gasteiger partial charge in [-0.1, -0.05) is 0 Å². The summed E-state index contributed by atoms with van der Waals surface area (Å²) in [5, 5.41) is 0. The van der Waals surface area contributed by atoms with Crippen LogP contribution < -0.4 is 0 Å². The van der Waals surface area contributed by atoms with E-state index in [4.69, 9.17) is 9.47 Å². The predicted octanol–water partition coefficient (Wildman–Crippen LogP) is 2.74. The normalized spacial score (nSPS) is 37.5. The van der Waals surface area contributed by atoms with Crippen molar-refractivity contribution in [3.63, 3.8) is 0 Å². The molecule has 0 N–H and O–H groups in total. The molecule has 0 radical (unpaired) electrons. The second kappa shape index (κ2) is 2.93. The highest BCUT2D eigenvalue weighted by Crippen LogP contribution is 2.39. The van der Waals surface area contributed by atoms with Gasteiger partial charge in [-0.05, 0) is 32.1 Å². The van der Waals surface area contributed by atoms with E-state index in [2.05, 4.69) is 0 Å². The van der Waals surface area contributed by atoms with Crippen molar-refractivity contribution in [3.05, 3.63) is 11.5 Å². The molecule has 1 saturated carbocycles. The molecule has 1 aliphatic heterocycles. The zero-order chi connectivity index (χ0) is 8.67. The lowest BCUT2D eigenvalue weighted by atomic mass is 9.94. The summed E-state index contributed by atoms with van der Waals surface area (Å²) in [6.07, 6.45) is 9.22. The molecule has 72 valence electrons. The first-order valence-electron chi connectivity index (χ1n) is 5.49. The third-order valence-electron chi connectivity index (χ3n) is 3.35. The van der Waals surface area contributed by atoms with Gasteiger partial charge in [0.05, 0.1) is 0 Å². The van der Waals surface area contributed by atoms with Crippen molar-refractivity contribution in [1.29, 1.82) is 0 Å². The number of rotatable bonds is 0. The Morgan fingerprint density at radius 2 is 1.31 bits per heavy atom. The van der Waals surface area contributed by atoms with Crippen LogP contribution in [0.15, 0.2) is 11.5 Å². The van der Waals surface area contributed by atoms with E-state index in [0.29, 0.717) is 12.2 Å². The summed E-state index contributed by atoms with van der Waals surface area (Å²) in [4.78, 5) is 0. The number of allylic oxidation sites excluding steroid dienone is 2. The van der Waals surface area contributed by atoms with Crippen molar-refractivity contribution in [1.82, 2.24) is 0 Å². The molecule has 0 saturated heterocycles. The second-order valence-corrected chi connectivity index (χ2v) is 4.30. The van der Waals surface area contributed by atoms with Crippen molar-refractivity contribution in [2.75, 3.05) is 0 Å². The van der Waals surface area contributed by atoms with Gasteiger partial charge in [0.1, 0.15) is 23.7 Å². The van der Waals surface area contributed by atoms with Crippen molar-refractivity contribution in [2.45, 2.75) is 57.2 Å². The van der Waals surface area contributed by atoms with E-state index >= 15 is 0 Å². The number of ether oxygens (including phenoxy) is 2. The summed E-state index contributed by atoms with van der Waals surface area (Å²) in [6, 6.07) is 0. The molecule has 0 aromatic carbocycles. The summed E-state index contributed by atoms with van der Waals surface area (Å²) in [6.45, 7) is 0. The molecule has 2 atom stereocenters. The largest absolute Gasteiger partial charge is 0.487 e.